The Balaban J connectivity index is 0.00000128. The van der Waals surface area contributed by atoms with Crippen LogP contribution in [0.3, 0.4) is 0 Å². The maximum Gasteiger partial charge on any atom is 0.128 e. The Morgan fingerprint density at radius 1 is 1.31 bits per heavy atom. The van der Waals surface area contributed by atoms with E-state index in [1.54, 1.807) is 0 Å². The Bertz CT molecular complexity index is 294. The van der Waals surface area contributed by atoms with Crippen LogP contribution in [0.2, 0.25) is 0 Å². The van der Waals surface area contributed by atoms with E-state index in [-0.39, 0.29) is 18.4 Å². The van der Waals surface area contributed by atoms with E-state index in [4.69, 9.17) is 0 Å². The second-order valence-corrected chi connectivity index (χ2v) is 3.98. The number of alkyl halides is 1. The lowest BCUT2D eigenvalue weighted by Crippen LogP contribution is -2.48. The van der Waals surface area contributed by atoms with Gasteiger partial charge in [-0.25, -0.2) is 4.39 Å². The molecule has 2 N–H and O–H groups in total. The summed E-state index contributed by atoms with van der Waals surface area (Å²) in [4.78, 5) is 0. The average molecular weight is 245 g/mol. The van der Waals surface area contributed by atoms with Gasteiger partial charge in [-0.05, 0) is 18.5 Å². The van der Waals surface area contributed by atoms with Crippen LogP contribution in [-0.4, -0.2) is 25.3 Å². The van der Waals surface area contributed by atoms with E-state index in [1.165, 1.54) is 5.56 Å². The fraction of sp³-hybridized carbons (Fsp3) is 0.500. The summed E-state index contributed by atoms with van der Waals surface area (Å²) in [6.07, 6.45) is 0.107. The normalized spacial score (nSPS) is 24.8. The summed E-state index contributed by atoms with van der Waals surface area (Å²) in [7, 11) is 0. The second kappa shape index (κ2) is 6.84. The third kappa shape index (κ3) is 3.74. The highest BCUT2D eigenvalue weighted by molar-refractivity contribution is 5.85. The molecule has 2 nitrogen and oxygen atoms in total. The molecule has 0 aromatic heterocycles. The Kier molecular flexibility index (Phi) is 5.74. The van der Waals surface area contributed by atoms with E-state index >= 15 is 0 Å². The van der Waals surface area contributed by atoms with Gasteiger partial charge in [-0.1, -0.05) is 30.3 Å². The van der Waals surface area contributed by atoms with Crippen LogP contribution < -0.4 is 10.6 Å². The van der Waals surface area contributed by atoms with E-state index in [0.717, 1.165) is 19.5 Å². The quantitative estimate of drug-likeness (QED) is 0.849. The summed E-state index contributed by atoms with van der Waals surface area (Å²) in [5, 5.41) is 6.32. The number of halogens is 2. The molecule has 0 amide bonds. The molecule has 0 bridgehead atoms. The topological polar surface area (TPSA) is 24.1 Å². The smallest absolute Gasteiger partial charge is 0.128 e. The highest BCUT2D eigenvalue weighted by atomic mass is 35.5. The van der Waals surface area contributed by atoms with Gasteiger partial charge in [-0.2, -0.15) is 0 Å². The van der Waals surface area contributed by atoms with Gasteiger partial charge in [0.05, 0.1) is 0 Å². The third-order valence-electron chi connectivity index (χ3n) is 2.82. The van der Waals surface area contributed by atoms with E-state index in [9.17, 15) is 4.39 Å². The summed E-state index contributed by atoms with van der Waals surface area (Å²) < 4.78 is 13.4. The molecule has 0 unspecified atom stereocenters. The molecule has 2 atom stereocenters. The van der Waals surface area contributed by atoms with E-state index < -0.39 is 6.17 Å². The molecule has 16 heavy (non-hydrogen) atoms. The van der Waals surface area contributed by atoms with Crippen molar-refractivity contribution in [1.82, 2.24) is 10.6 Å². The van der Waals surface area contributed by atoms with Gasteiger partial charge in [-0.3, -0.25) is 0 Å². The highest BCUT2D eigenvalue weighted by Crippen LogP contribution is 2.08. The van der Waals surface area contributed by atoms with Crippen molar-refractivity contribution in [2.24, 2.45) is 0 Å². The van der Waals surface area contributed by atoms with Crippen LogP contribution in [-0.2, 0) is 6.54 Å². The summed E-state index contributed by atoms with van der Waals surface area (Å²) in [6.45, 7) is 2.14. The van der Waals surface area contributed by atoms with Crippen LogP contribution in [0.15, 0.2) is 30.3 Å². The SMILES string of the molecule is Cl.F[C@@H]1CNCC[C@@H]1NCc1ccccc1. The van der Waals surface area contributed by atoms with Crippen molar-refractivity contribution in [2.45, 2.75) is 25.2 Å². The molecule has 0 aliphatic carbocycles. The van der Waals surface area contributed by atoms with Gasteiger partial charge in [0.2, 0.25) is 0 Å². The monoisotopic (exact) mass is 244 g/mol. The zero-order chi connectivity index (χ0) is 10.5. The van der Waals surface area contributed by atoms with Crippen molar-refractivity contribution >= 4 is 12.4 Å². The summed E-state index contributed by atoms with van der Waals surface area (Å²) >= 11 is 0. The maximum absolute atomic E-state index is 13.4. The first-order valence-electron chi connectivity index (χ1n) is 5.48. The zero-order valence-corrected chi connectivity index (χ0v) is 9.97. The number of benzene rings is 1. The predicted octanol–water partition coefficient (Wildman–Crippen LogP) is 1.90. The second-order valence-electron chi connectivity index (χ2n) is 3.98. The van der Waals surface area contributed by atoms with E-state index in [0.29, 0.717) is 6.54 Å². The first-order valence-corrected chi connectivity index (χ1v) is 5.48. The minimum absolute atomic E-state index is 0. The van der Waals surface area contributed by atoms with Gasteiger partial charge in [0.15, 0.2) is 0 Å². The van der Waals surface area contributed by atoms with Crippen LogP contribution in [0.5, 0.6) is 0 Å². The van der Waals surface area contributed by atoms with Crippen molar-refractivity contribution in [3.05, 3.63) is 35.9 Å². The van der Waals surface area contributed by atoms with Crippen LogP contribution in [0.25, 0.3) is 0 Å². The first-order chi connectivity index (χ1) is 7.36. The molecule has 0 radical (unpaired) electrons. The fourth-order valence-electron chi connectivity index (χ4n) is 1.90. The average Bonchev–Trinajstić information content (AvgIpc) is 2.29. The molecule has 2 rings (SSSR count). The molecule has 1 aliphatic heterocycles. The standard InChI is InChI=1S/C12H17FN2.ClH/c13-11-9-14-7-6-12(11)15-8-10-4-2-1-3-5-10;/h1-5,11-12,14-15H,6-9H2;1H/t11-,12+;/m1./s1. The zero-order valence-electron chi connectivity index (χ0n) is 9.16. The molecule has 1 aromatic rings. The van der Waals surface area contributed by atoms with Crippen molar-refractivity contribution in [2.75, 3.05) is 13.1 Å². The largest absolute Gasteiger partial charge is 0.314 e. The minimum Gasteiger partial charge on any atom is -0.314 e. The fourth-order valence-corrected chi connectivity index (χ4v) is 1.90. The lowest BCUT2D eigenvalue weighted by atomic mass is 10.0. The number of rotatable bonds is 3. The van der Waals surface area contributed by atoms with Crippen molar-refractivity contribution in [3.63, 3.8) is 0 Å². The Labute approximate surface area is 102 Å². The molecule has 1 saturated heterocycles. The molecular weight excluding hydrogens is 227 g/mol. The van der Waals surface area contributed by atoms with Crippen LogP contribution in [0, 0.1) is 0 Å². The lowest BCUT2D eigenvalue weighted by molar-refractivity contribution is 0.202. The first kappa shape index (κ1) is 13.4. The summed E-state index contributed by atoms with van der Waals surface area (Å²) in [6, 6.07) is 10.1. The number of piperidine rings is 1. The lowest BCUT2D eigenvalue weighted by Gasteiger charge is -2.27. The molecule has 1 aliphatic rings. The number of hydrogen-bond acceptors (Lipinski definition) is 2. The minimum atomic E-state index is -0.762. The van der Waals surface area contributed by atoms with Gasteiger partial charge < -0.3 is 10.6 Å². The molecule has 1 fully saturated rings. The van der Waals surface area contributed by atoms with Crippen LogP contribution in [0.4, 0.5) is 4.39 Å². The molecule has 1 aromatic carbocycles. The van der Waals surface area contributed by atoms with E-state index in [2.05, 4.69) is 22.8 Å². The van der Waals surface area contributed by atoms with Crippen LogP contribution in [0.1, 0.15) is 12.0 Å². The molecule has 1 heterocycles. The van der Waals surface area contributed by atoms with Gasteiger partial charge in [0.25, 0.3) is 0 Å². The van der Waals surface area contributed by atoms with E-state index in [1.807, 2.05) is 18.2 Å². The summed E-state index contributed by atoms with van der Waals surface area (Å²) in [5.74, 6) is 0. The van der Waals surface area contributed by atoms with Crippen LogP contribution >= 0.6 is 12.4 Å². The van der Waals surface area contributed by atoms with Gasteiger partial charge in [0.1, 0.15) is 6.17 Å². The molecular formula is C12H18ClFN2. The Morgan fingerprint density at radius 3 is 2.75 bits per heavy atom. The predicted molar refractivity (Wildman–Crippen MR) is 66.7 cm³/mol. The third-order valence-corrected chi connectivity index (χ3v) is 2.82. The number of nitrogens with one attached hydrogen (secondary N) is 2. The molecule has 90 valence electrons. The van der Waals surface area contributed by atoms with Crippen molar-refractivity contribution < 1.29 is 4.39 Å². The maximum atomic E-state index is 13.4. The molecule has 0 spiro atoms. The van der Waals surface area contributed by atoms with Gasteiger partial charge >= 0.3 is 0 Å². The number of hydrogen-bond donors (Lipinski definition) is 2. The molecule has 4 heteroatoms. The van der Waals surface area contributed by atoms with Crippen molar-refractivity contribution in [3.8, 4) is 0 Å². The summed E-state index contributed by atoms with van der Waals surface area (Å²) in [5.41, 5.74) is 1.21. The highest BCUT2D eigenvalue weighted by Gasteiger charge is 2.23. The Hall–Kier alpha value is -0.640. The Morgan fingerprint density at radius 2 is 2.06 bits per heavy atom. The van der Waals surface area contributed by atoms with Gasteiger partial charge in [-0.15, -0.1) is 12.4 Å². The molecule has 0 saturated carbocycles. The van der Waals surface area contributed by atoms with Gasteiger partial charge in [0, 0.05) is 19.1 Å². The van der Waals surface area contributed by atoms with Crippen molar-refractivity contribution in [1.29, 1.82) is 0 Å².